The zero-order chi connectivity index (χ0) is 9.97. The summed E-state index contributed by atoms with van der Waals surface area (Å²) in [4.78, 5) is 0. The molecule has 0 fully saturated rings. The molecule has 2 heterocycles. The van der Waals surface area contributed by atoms with Gasteiger partial charge in [-0.1, -0.05) is 5.21 Å². The lowest BCUT2D eigenvalue weighted by Gasteiger charge is -2.22. The first-order valence-electron chi connectivity index (χ1n) is 4.98. The minimum atomic E-state index is 0.388. The average molecular weight is 196 g/mol. The van der Waals surface area contributed by atoms with Gasteiger partial charge in [0.05, 0.1) is 12.3 Å². The summed E-state index contributed by atoms with van der Waals surface area (Å²) in [5.74, 6) is 0.388. The molecule has 0 radical (unpaired) electrons. The number of nitrogens with zero attached hydrogens (tertiary/aromatic N) is 3. The quantitative estimate of drug-likeness (QED) is 0.746. The Labute approximate surface area is 83.4 Å². The molecule has 0 aromatic carbocycles. The van der Waals surface area contributed by atoms with Gasteiger partial charge in [-0.05, 0) is 6.92 Å². The van der Waals surface area contributed by atoms with Crippen molar-refractivity contribution in [3.63, 3.8) is 0 Å². The zero-order valence-electron chi connectivity index (χ0n) is 8.66. The Hall–Kier alpha value is -0.940. The van der Waals surface area contributed by atoms with Crippen molar-refractivity contribution in [1.82, 2.24) is 20.3 Å². The molecule has 5 nitrogen and oxygen atoms in total. The largest absolute Gasteiger partial charge is 0.384 e. The van der Waals surface area contributed by atoms with E-state index in [0.29, 0.717) is 5.92 Å². The fourth-order valence-corrected chi connectivity index (χ4v) is 1.96. The maximum absolute atomic E-state index is 5.20. The van der Waals surface area contributed by atoms with Crippen molar-refractivity contribution in [3.8, 4) is 0 Å². The van der Waals surface area contributed by atoms with Gasteiger partial charge in [-0.15, -0.1) is 5.10 Å². The minimum absolute atomic E-state index is 0.388. The summed E-state index contributed by atoms with van der Waals surface area (Å²) in [7, 11) is 1.73. The molecular formula is C9H16N4O. The van der Waals surface area contributed by atoms with Crippen molar-refractivity contribution < 1.29 is 4.74 Å². The van der Waals surface area contributed by atoms with Crippen molar-refractivity contribution in [2.45, 2.75) is 25.9 Å². The summed E-state index contributed by atoms with van der Waals surface area (Å²) in [5, 5.41) is 11.6. The predicted molar refractivity (Wildman–Crippen MR) is 52.0 cm³/mol. The second-order valence-corrected chi connectivity index (χ2v) is 3.52. The second-order valence-electron chi connectivity index (χ2n) is 3.52. The molecule has 0 aliphatic carbocycles. The molecule has 5 heteroatoms. The van der Waals surface area contributed by atoms with Crippen LogP contribution in [0, 0.1) is 0 Å². The first-order chi connectivity index (χ1) is 6.86. The van der Waals surface area contributed by atoms with Crippen LogP contribution in [-0.4, -0.2) is 35.3 Å². The highest BCUT2D eigenvalue weighted by molar-refractivity contribution is 5.19. The van der Waals surface area contributed by atoms with Crippen molar-refractivity contribution in [2.75, 3.05) is 20.3 Å². The van der Waals surface area contributed by atoms with Crippen LogP contribution in [0.2, 0.25) is 0 Å². The molecule has 1 aromatic heterocycles. The third-order valence-corrected chi connectivity index (χ3v) is 2.58. The van der Waals surface area contributed by atoms with Crippen LogP contribution in [-0.2, 0) is 17.8 Å². The fourth-order valence-electron chi connectivity index (χ4n) is 1.96. The number of rotatable bonds is 3. The Balaban J connectivity index is 2.30. The Kier molecular flexibility index (Phi) is 2.79. The zero-order valence-corrected chi connectivity index (χ0v) is 8.66. The molecule has 1 aliphatic heterocycles. The SMILES string of the molecule is CCn1nnc2c1C(COC)CNC2. The van der Waals surface area contributed by atoms with Gasteiger partial charge in [0.15, 0.2) is 0 Å². The highest BCUT2D eigenvalue weighted by Gasteiger charge is 2.25. The van der Waals surface area contributed by atoms with Crippen LogP contribution in [0.25, 0.3) is 0 Å². The lowest BCUT2D eigenvalue weighted by Crippen LogP contribution is -2.32. The predicted octanol–water partition coefficient (Wildman–Crippen LogP) is 0.131. The molecule has 1 unspecified atom stereocenters. The average Bonchev–Trinajstić information content (AvgIpc) is 2.62. The van der Waals surface area contributed by atoms with Gasteiger partial charge in [-0.3, -0.25) is 0 Å². The normalized spacial score (nSPS) is 20.9. The third kappa shape index (κ3) is 1.53. The van der Waals surface area contributed by atoms with Crippen LogP contribution in [0.4, 0.5) is 0 Å². The van der Waals surface area contributed by atoms with Gasteiger partial charge in [-0.2, -0.15) is 0 Å². The summed E-state index contributed by atoms with van der Waals surface area (Å²) in [6.07, 6.45) is 0. The molecule has 0 saturated carbocycles. The number of methoxy groups -OCH3 is 1. The standard InChI is InChI=1S/C9H16N4O/c1-3-13-9-7(6-14-2)4-10-5-8(9)11-12-13/h7,10H,3-6H2,1-2H3. The lowest BCUT2D eigenvalue weighted by molar-refractivity contribution is 0.171. The second kappa shape index (κ2) is 4.06. The van der Waals surface area contributed by atoms with E-state index < -0.39 is 0 Å². The smallest absolute Gasteiger partial charge is 0.100 e. The van der Waals surface area contributed by atoms with E-state index in [2.05, 4.69) is 22.6 Å². The monoisotopic (exact) mass is 196 g/mol. The van der Waals surface area contributed by atoms with Crippen molar-refractivity contribution in [1.29, 1.82) is 0 Å². The van der Waals surface area contributed by atoms with Gasteiger partial charge in [-0.25, -0.2) is 4.68 Å². The Morgan fingerprint density at radius 2 is 2.50 bits per heavy atom. The Bertz CT molecular complexity index is 296. The van der Waals surface area contributed by atoms with E-state index in [-0.39, 0.29) is 0 Å². The minimum Gasteiger partial charge on any atom is -0.384 e. The van der Waals surface area contributed by atoms with Gasteiger partial charge >= 0.3 is 0 Å². The van der Waals surface area contributed by atoms with Gasteiger partial charge in [0, 0.05) is 32.7 Å². The summed E-state index contributed by atoms with van der Waals surface area (Å²) in [5.41, 5.74) is 2.31. The lowest BCUT2D eigenvalue weighted by atomic mass is 10.0. The maximum Gasteiger partial charge on any atom is 0.100 e. The number of aryl methyl sites for hydroxylation is 1. The molecule has 0 spiro atoms. The molecule has 2 rings (SSSR count). The molecule has 1 atom stereocenters. The van der Waals surface area contributed by atoms with Crippen LogP contribution in [0.5, 0.6) is 0 Å². The van der Waals surface area contributed by atoms with E-state index in [1.165, 1.54) is 5.69 Å². The number of ether oxygens (including phenoxy) is 1. The number of fused-ring (bicyclic) bond motifs is 1. The van der Waals surface area contributed by atoms with Crippen LogP contribution >= 0.6 is 0 Å². The summed E-state index contributed by atoms with van der Waals surface area (Å²) in [6.45, 7) is 5.47. The van der Waals surface area contributed by atoms with E-state index in [4.69, 9.17) is 4.74 Å². The van der Waals surface area contributed by atoms with Gasteiger partial charge in [0.25, 0.3) is 0 Å². The molecule has 1 N–H and O–H groups in total. The first kappa shape index (κ1) is 9.61. The summed E-state index contributed by atoms with van der Waals surface area (Å²) >= 11 is 0. The molecule has 0 amide bonds. The molecule has 0 bridgehead atoms. The maximum atomic E-state index is 5.20. The molecular weight excluding hydrogens is 180 g/mol. The number of aromatic nitrogens is 3. The molecule has 78 valence electrons. The number of nitrogens with one attached hydrogen (secondary N) is 1. The van der Waals surface area contributed by atoms with E-state index in [9.17, 15) is 0 Å². The van der Waals surface area contributed by atoms with Gasteiger partial charge in [0.2, 0.25) is 0 Å². The van der Waals surface area contributed by atoms with E-state index >= 15 is 0 Å². The third-order valence-electron chi connectivity index (χ3n) is 2.58. The van der Waals surface area contributed by atoms with Crippen LogP contribution in [0.1, 0.15) is 24.2 Å². The first-order valence-corrected chi connectivity index (χ1v) is 4.98. The van der Waals surface area contributed by atoms with Crippen LogP contribution in [0.3, 0.4) is 0 Å². The van der Waals surface area contributed by atoms with E-state index in [1.807, 2.05) is 4.68 Å². The number of hydrogen-bond acceptors (Lipinski definition) is 4. The summed E-state index contributed by atoms with van der Waals surface area (Å²) < 4.78 is 7.17. The van der Waals surface area contributed by atoms with Crippen molar-refractivity contribution in [3.05, 3.63) is 11.4 Å². The molecule has 1 aromatic rings. The highest BCUT2D eigenvalue weighted by Crippen LogP contribution is 2.22. The number of hydrogen-bond donors (Lipinski definition) is 1. The molecule has 14 heavy (non-hydrogen) atoms. The summed E-state index contributed by atoms with van der Waals surface area (Å²) in [6, 6.07) is 0. The van der Waals surface area contributed by atoms with Crippen LogP contribution < -0.4 is 5.32 Å². The molecule has 0 saturated heterocycles. The van der Waals surface area contributed by atoms with E-state index in [0.717, 1.165) is 31.9 Å². The van der Waals surface area contributed by atoms with Gasteiger partial charge < -0.3 is 10.1 Å². The Morgan fingerprint density at radius 3 is 3.21 bits per heavy atom. The highest BCUT2D eigenvalue weighted by atomic mass is 16.5. The topological polar surface area (TPSA) is 52.0 Å². The van der Waals surface area contributed by atoms with Crippen molar-refractivity contribution >= 4 is 0 Å². The van der Waals surface area contributed by atoms with Crippen molar-refractivity contribution in [2.24, 2.45) is 0 Å². The molecule has 1 aliphatic rings. The fraction of sp³-hybridized carbons (Fsp3) is 0.778. The van der Waals surface area contributed by atoms with Gasteiger partial charge in [0.1, 0.15) is 5.69 Å². The van der Waals surface area contributed by atoms with E-state index in [1.54, 1.807) is 7.11 Å². The Morgan fingerprint density at radius 1 is 1.64 bits per heavy atom. The van der Waals surface area contributed by atoms with Crippen LogP contribution in [0.15, 0.2) is 0 Å².